The molecule has 3 N–H and O–H groups in total. The van der Waals surface area contributed by atoms with Crippen LogP contribution in [-0.2, 0) is 0 Å². The van der Waals surface area contributed by atoms with Gasteiger partial charge in [0.05, 0.1) is 29.9 Å². The van der Waals surface area contributed by atoms with E-state index < -0.39 is 6.10 Å². The molecule has 1 fully saturated rings. The molecule has 1 saturated carbocycles. The van der Waals surface area contributed by atoms with Gasteiger partial charge in [-0.3, -0.25) is 9.48 Å². The monoisotopic (exact) mass is 301 g/mol. The Morgan fingerprint density at radius 2 is 2.23 bits per heavy atom. The Morgan fingerprint density at radius 3 is 2.77 bits per heavy atom. The maximum absolute atomic E-state index is 12.3. The number of carbonyl (C=O) groups excluding carboxylic acids is 1. The van der Waals surface area contributed by atoms with Crippen molar-refractivity contribution in [2.45, 2.75) is 31.5 Å². The number of nitrogens with one attached hydrogen (secondary N) is 2. The first-order valence-electron chi connectivity index (χ1n) is 7.22. The lowest BCUT2D eigenvalue weighted by Crippen LogP contribution is -2.56. The van der Waals surface area contributed by atoms with E-state index in [1.165, 1.54) is 6.20 Å². The van der Waals surface area contributed by atoms with Crippen molar-refractivity contribution in [2.24, 2.45) is 0 Å². The van der Waals surface area contributed by atoms with Crippen molar-refractivity contribution in [3.05, 3.63) is 41.9 Å². The average Bonchev–Trinajstić information content (AvgIpc) is 2.92. The first kappa shape index (κ1) is 14.5. The maximum atomic E-state index is 12.3. The molecule has 0 saturated heterocycles. The smallest absolute Gasteiger partial charge is 0.253 e. The fourth-order valence-corrected chi connectivity index (χ4v) is 2.64. The van der Waals surface area contributed by atoms with Crippen LogP contribution in [0.2, 0.25) is 0 Å². The lowest BCUT2D eigenvalue weighted by Gasteiger charge is -2.41. The molecule has 0 radical (unpaired) electrons. The second-order valence-electron chi connectivity index (χ2n) is 5.55. The number of carbonyl (C=O) groups is 1. The highest BCUT2D eigenvalue weighted by atomic mass is 16.3. The van der Waals surface area contributed by atoms with Gasteiger partial charge in [-0.1, -0.05) is 0 Å². The Bertz CT molecular complexity index is 667. The predicted molar refractivity (Wildman–Crippen MR) is 81.7 cm³/mol. The number of anilines is 1. The second kappa shape index (κ2) is 5.76. The molecule has 1 aliphatic rings. The zero-order chi connectivity index (χ0) is 15.7. The molecular formula is C15H19N5O2. The van der Waals surface area contributed by atoms with Gasteiger partial charge in [-0.05, 0) is 31.0 Å². The summed E-state index contributed by atoms with van der Waals surface area (Å²) >= 11 is 0. The Labute approximate surface area is 128 Å². The largest absolute Gasteiger partial charge is 0.391 e. The fourth-order valence-electron chi connectivity index (χ4n) is 2.64. The molecule has 2 aromatic heterocycles. The first-order valence-corrected chi connectivity index (χ1v) is 7.22. The summed E-state index contributed by atoms with van der Waals surface area (Å²) in [4.78, 5) is 16.4. The van der Waals surface area contributed by atoms with Crippen LogP contribution in [0.3, 0.4) is 0 Å². The van der Waals surface area contributed by atoms with E-state index in [9.17, 15) is 9.90 Å². The van der Waals surface area contributed by atoms with Gasteiger partial charge in [0.1, 0.15) is 5.82 Å². The Hall–Kier alpha value is -2.41. The number of rotatable bonds is 4. The van der Waals surface area contributed by atoms with E-state index in [0.717, 1.165) is 5.56 Å². The highest BCUT2D eigenvalue weighted by molar-refractivity contribution is 5.94. The number of hydrogen-bond acceptors (Lipinski definition) is 5. The van der Waals surface area contributed by atoms with Gasteiger partial charge in [0.25, 0.3) is 5.91 Å². The zero-order valence-electron chi connectivity index (χ0n) is 12.5. The molecule has 0 spiro atoms. The number of nitrogens with zero attached hydrogens (tertiary/aromatic N) is 3. The molecule has 0 unspecified atom stereocenters. The Morgan fingerprint density at radius 1 is 1.41 bits per heavy atom. The van der Waals surface area contributed by atoms with Crippen LogP contribution in [0.15, 0.2) is 30.7 Å². The van der Waals surface area contributed by atoms with Crippen molar-refractivity contribution in [2.75, 3.05) is 12.4 Å². The minimum atomic E-state index is -0.491. The molecule has 0 aromatic carbocycles. The van der Waals surface area contributed by atoms with Crippen molar-refractivity contribution in [3.63, 3.8) is 0 Å². The van der Waals surface area contributed by atoms with Crippen LogP contribution >= 0.6 is 0 Å². The Balaban J connectivity index is 1.68. The minimum Gasteiger partial charge on any atom is -0.391 e. The molecule has 3 rings (SSSR count). The molecule has 3 atom stereocenters. The van der Waals surface area contributed by atoms with E-state index in [2.05, 4.69) is 20.7 Å². The van der Waals surface area contributed by atoms with E-state index in [-0.39, 0.29) is 18.0 Å². The Kier molecular flexibility index (Phi) is 3.81. The van der Waals surface area contributed by atoms with Crippen molar-refractivity contribution >= 4 is 11.7 Å². The lowest BCUT2D eigenvalue weighted by molar-refractivity contribution is -0.00590. The normalized spacial score (nSPS) is 23.7. The number of aromatic nitrogens is 3. The van der Waals surface area contributed by atoms with Crippen LogP contribution in [-0.4, -0.2) is 45.0 Å². The van der Waals surface area contributed by atoms with Gasteiger partial charge in [-0.15, -0.1) is 0 Å². The van der Waals surface area contributed by atoms with E-state index >= 15 is 0 Å². The van der Waals surface area contributed by atoms with Crippen LogP contribution < -0.4 is 10.6 Å². The van der Waals surface area contributed by atoms with Crippen molar-refractivity contribution in [3.8, 4) is 0 Å². The van der Waals surface area contributed by atoms with Gasteiger partial charge in [-0.25, -0.2) is 4.98 Å². The molecule has 116 valence electrons. The maximum Gasteiger partial charge on any atom is 0.253 e. The highest BCUT2D eigenvalue weighted by Crippen LogP contribution is 2.32. The third kappa shape index (κ3) is 2.67. The molecular weight excluding hydrogens is 282 g/mol. The number of amides is 1. The minimum absolute atomic E-state index is 0.134. The number of hydrogen-bond donors (Lipinski definition) is 3. The molecule has 0 bridgehead atoms. The van der Waals surface area contributed by atoms with Gasteiger partial charge < -0.3 is 15.7 Å². The standard InChI is InChI=1S/C15H19N5O2/c1-9-6-18-20(8-9)14-11(5-12(14)21)19-15(22)10-3-4-13(16-2)17-7-10/h3-4,6-8,11-12,14,21H,5H2,1-2H3,(H,16,17)(H,19,22)/t11-,12+,14+/m0/s1. The summed E-state index contributed by atoms with van der Waals surface area (Å²) in [6.45, 7) is 1.94. The third-order valence-electron chi connectivity index (χ3n) is 3.94. The molecule has 1 amide bonds. The van der Waals surface area contributed by atoms with E-state index in [1.54, 1.807) is 30.1 Å². The SMILES string of the molecule is CNc1ccc(C(=O)N[C@H]2C[C@@H](O)[C@@H]2n2cc(C)cn2)cn1. The molecule has 22 heavy (non-hydrogen) atoms. The predicted octanol–water partition coefficient (Wildman–Crippen LogP) is 0.733. The van der Waals surface area contributed by atoms with Gasteiger partial charge in [-0.2, -0.15) is 5.10 Å². The summed E-state index contributed by atoms with van der Waals surface area (Å²) in [5.41, 5.74) is 1.52. The summed E-state index contributed by atoms with van der Waals surface area (Å²) in [6.07, 6.45) is 5.18. The zero-order valence-corrected chi connectivity index (χ0v) is 12.5. The summed E-state index contributed by atoms with van der Waals surface area (Å²) < 4.78 is 1.72. The molecule has 0 aliphatic heterocycles. The quantitative estimate of drug-likeness (QED) is 0.774. The van der Waals surface area contributed by atoms with Gasteiger partial charge in [0.15, 0.2) is 0 Å². The van der Waals surface area contributed by atoms with Crippen LogP contribution in [0.1, 0.15) is 28.4 Å². The first-order chi connectivity index (χ1) is 10.6. The van der Waals surface area contributed by atoms with Crippen LogP contribution in [0.4, 0.5) is 5.82 Å². The fraction of sp³-hybridized carbons (Fsp3) is 0.400. The van der Waals surface area contributed by atoms with Crippen molar-refractivity contribution in [1.29, 1.82) is 0 Å². The van der Waals surface area contributed by atoms with Gasteiger partial charge in [0.2, 0.25) is 0 Å². The number of aliphatic hydroxyl groups excluding tert-OH is 1. The average molecular weight is 301 g/mol. The molecule has 7 nitrogen and oxygen atoms in total. The van der Waals surface area contributed by atoms with Gasteiger partial charge >= 0.3 is 0 Å². The van der Waals surface area contributed by atoms with Crippen LogP contribution in [0.5, 0.6) is 0 Å². The van der Waals surface area contributed by atoms with Crippen LogP contribution in [0.25, 0.3) is 0 Å². The molecule has 1 aliphatic carbocycles. The molecule has 7 heteroatoms. The van der Waals surface area contributed by atoms with E-state index in [0.29, 0.717) is 17.8 Å². The molecule has 2 heterocycles. The van der Waals surface area contributed by atoms with Gasteiger partial charge in [0, 0.05) is 19.4 Å². The number of pyridine rings is 1. The number of aryl methyl sites for hydroxylation is 1. The van der Waals surface area contributed by atoms with E-state index in [1.807, 2.05) is 13.1 Å². The summed E-state index contributed by atoms with van der Waals surface area (Å²) in [7, 11) is 1.77. The number of aliphatic hydroxyl groups is 1. The van der Waals surface area contributed by atoms with Crippen molar-refractivity contribution in [1.82, 2.24) is 20.1 Å². The third-order valence-corrected chi connectivity index (χ3v) is 3.94. The van der Waals surface area contributed by atoms with Crippen molar-refractivity contribution < 1.29 is 9.90 Å². The summed E-state index contributed by atoms with van der Waals surface area (Å²) in [5.74, 6) is 0.515. The topological polar surface area (TPSA) is 92.1 Å². The lowest BCUT2D eigenvalue weighted by atomic mass is 9.83. The summed E-state index contributed by atoms with van der Waals surface area (Å²) in [6, 6.07) is 3.11. The van der Waals surface area contributed by atoms with Crippen LogP contribution in [0, 0.1) is 6.92 Å². The van der Waals surface area contributed by atoms with E-state index in [4.69, 9.17) is 0 Å². The second-order valence-corrected chi connectivity index (χ2v) is 5.55. The molecule has 2 aromatic rings. The highest BCUT2D eigenvalue weighted by Gasteiger charge is 2.42. The summed E-state index contributed by atoms with van der Waals surface area (Å²) in [5, 5.41) is 20.0.